The zero-order valence-corrected chi connectivity index (χ0v) is 26.2. The number of hydrogen-bond donors (Lipinski definition) is 1. The second-order valence-electron chi connectivity index (χ2n) is 10.9. The van der Waals surface area contributed by atoms with Gasteiger partial charge in [0.2, 0.25) is 5.91 Å². The molecule has 0 spiro atoms. The predicted octanol–water partition coefficient (Wildman–Crippen LogP) is 7.22. The van der Waals surface area contributed by atoms with Crippen LogP contribution in [0.5, 0.6) is 0 Å². The highest BCUT2D eigenvalue weighted by Crippen LogP contribution is 2.37. The number of aromatic nitrogens is 7. The number of carbonyl (C=O) groups excluding carboxylic acids is 1. The van der Waals surface area contributed by atoms with Gasteiger partial charge in [0.1, 0.15) is 6.54 Å². The highest BCUT2D eigenvalue weighted by molar-refractivity contribution is 6.34. The summed E-state index contributed by atoms with van der Waals surface area (Å²) in [6.45, 7) is 0.369. The van der Waals surface area contributed by atoms with Crippen molar-refractivity contribution < 1.29 is 18.0 Å². The number of amides is 1. The first-order chi connectivity index (χ1) is 21.9. The largest absolute Gasteiger partial charge is 0.408 e. The molecule has 1 N–H and O–H groups in total. The van der Waals surface area contributed by atoms with E-state index in [1.54, 1.807) is 31.2 Å². The molecule has 2 unspecified atom stereocenters. The molecular formula is C30H24Cl3F3N8O2. The lowest BCUT2D eigenvalue weighted by Crippen LogP contribution is -2.27. The molecule has 0 fully saturated rings. The number of rotatable bonds is 4. The zero-order valence-electron chi connectivity index (χ0n) is 24.0. The third-order valence-corrected chi connectivity index (χ3v) is 8.42. The number of anilines is 1. The molecule has 0 saturated carbocycles. The number of pyridine rings is 2. The van der Waals surface area contributed by atoms with Crippen LogP contribution in [0.1, 0.15) is 37.9 Å². The number of hydrogen-bond acceptors (Lipinski definition) is 6. The maximum absolute atomic E-state index is 13.8. The fourth-order valence-corrected chi connectivity index (χ4v) is 6.10. The van der Waals surface area contributed by atoms with Crippen molar-refractivity contribution in [1.82, 2.24) is 34.3 Å². The summed E-state index contributed by atoms with van der Waals surface area (Å²) >= 11 is 19.2. The van der Waals surface area contributed by atoms with Crippen LogP contribution in [-0.4, -0.2) is 46.4 Å². The maximum Gasteiger partial charge on any atom is 0.408 e. The van der Waals surface area contributed by atoms with Crippen molar-refractivity contribution in [3.63, 3.8) is 0 Å². The predicted molar refractivity (Wildman–Crippen MR) is 167 cm³/mol. The molecule has 5 heterocycles. The average Bonchev–Trinajstić information content (AvgIpc) is 3.60. The van der Waals surface area contributed by atoms with Crippen LogP contribution in [0.25, 0.3) is 28.1 Å². The molecule has 1 aliphatic rings. The Labute approximate surface area is 274 Å². The Balaban J connectivity index is 1.47. The van der Waals surface area contributed by atoms with E-state index >= 15 is 0 Å². The van der Waals surface area contributed by atoms with Gasteiger partial charge in [0, 0.05) is 46.1 Å². The standard InChI is InChI=1S/C30H24Cl3F3N8O2/c1-16-3-2-4-25(22-9-17(7-8-37-22)28-23(39-29(16)46)12-38-44(28)15-30(34,35)36)42-13-21(32)19(11-27(42)45)20-10-18(31)5-6-24(20)43-14-26(33)40-41-43/h5-14,16,25H,2-4,15H2,1H3,(H,39,46). The van der Waals surface area contributed by atoms with E-state index in [4.69, 9.17) is 34.8 Å². The first-order valence-electron chi connectivity index (χ1n) is 14.1. The molecule has 16 heteroatoms. The minimum Gasteiger partial charge on any atom is -0.323 e. The number of benzene rings is 1. The SMILES string of the molecule is CC1CCCC(n2cc(Cl)c(-c3cc(Cl)ccc3-n3cc(Cl)nn3)cc2=O)c2cc(ccn2)-c2c(cnn2CC(F)(F)F)NC1=O. The summed E-state index contributed by atoms with van der Waals surface area (Å²) in [5.74, 6) is -0.825. The van der Waals surface area contributed by atoms with Gasteiger partial charge in [-0.05, 0) is 43.2 Å². The number of nitrogens with zero attached hydrogens (tertiary/aromatic N) is 7. The van der Waals surface area contributed by atoms with Crippen molar-refractivity contribution >= 4 is 46.4 Å². The van der Waals surface area contributed by atoms with Crippen molar-refractivity contribution in [2.24, 2.45) is 5.92 Å². The smallest absolute Gasteiger partial charge is 0.323 e. The first-order valence-corrected chi connectivity index (χ1v) is 15.2. The van der Waals surface area contributed by atoms with Crippen molar-refractivity contribution in [3.8, 4) is 28.1 Å². The molecule has 5 aromatic rings. The maximum atomic E-state index is 13.8. The van der Waals surface area contributed by atoms with E-state index in [0.717, 1.165) is 4.68 Å². The molecule has 46 heavy (non-hydrogen) atoms. The van der Waals surface area contributed by atoms with E-state index in [-0.39, 0.29) is 27.5 Å². The molecule has 1 aliphatic heterocycles. The Morgan fingerprint density at radius 1 is 1.02 bits per heavy atom. The van der Waals surface area contributed by atoms with Crippen LogP contribution in [0.15, 0.2) is 66.0 Å². The topological polar surface area (TPSA) is 113 Å². The van der Waals surface area contributed by atoms with E-state index in [9.17, 15) is 22.8 Å². The Hall–Kier alpha value is -4.20. The van der Waals surface area contributed by atoms with Gasteiger partial charge in [0.25, 0.3) is 5.56 Å². The normalized spacial score (nSPS) is 17.2. The third-order valence-electron chi connectivity index (χ3n) is 7.71. The van der Waals surface area contributed by atoms with Gasteiger partial charge < -0.3 is 9.88 Å². The molecule has 238 valence electrons. The number of alkyl halides is 3. The Morgan fingerprint density at radius 3 is 2.57 bits per heavy atom. The van der Waals surface area contributed by atoms with Gasteiger partial charge in [-0.3, -0.25) is 19.3 Å². The van der Waals surface area contributed by atoms with E-state index in [0.29, 0.717) is 52.4 Å². The summed E-state index contributed by atoms with van der Waals surface area (Å²) in [6, 6.07) is 8.85. The fraction of sp³-hybridized carbons (Fsp3) is 0.267. The van der Waals surface area contributed by atoms with Crippen LogP contribution in [0, 0.1) is 5.92 Å². The molecular weight excluding hydrogens is 668 g/mol. The number of fused-ring (bicyclic) bond motifs is 4. The lowest BCUT2D eigenvalue weighted by molar-refractivity contribution is -0.142. The third kappa shape index (κ3) is 6.53. The average molecular weight is 692 g/mol. The molecule has 1 amide bonds. The van der Waals surface area contributed by atoms with Crippen LogP contribution < -0.4 is 10.9 Å². The lowest BCUT2D eigenvalue weighted by atomic mass is 9.96. The zero-order chi connectivity index (χ0) is 32.7. The first kappa shape index (κ1) is 31.8. The minimum absolute atomic E-state index is 0.0725. The molecule has 0 saturated heterocycles. The van der Waals surface area contributed by atoms with Crippen molar-refractivity contribution in [2.75, 3.05) is 5.32 Å². The van der Waals surface area contributed by atoms with Crippen LogP contribution >= 0.6 is 34.8 Å². The Kier molecular flexibility index (Phi) is 8.66. The second kappa shape index (κ2) is 12.5. The van der Waals surface area contributed by atoms with Crippen molar-refractivity contribution in [1.29, 1.82) is 0 Å². The highest BCUT2D eigenvalue weighted by atomic mass is 35.5. The van der Waals surface area contributed by atoms with E-state index < -0.39 is 30.2 Å². The molecule has 1 aromatic carbocycles. The molecule has 10 nitrogen and oxygen atoms in total. The highest BCUT2D eigenvalue weighted by Gasteiger charge is 2.32. The molecule has 6 rings (SSSR count). The second-order valence-corrected chi connectivity index (χ2v) is 12.1. The van der Waals surface area contributed by atoms with Gasteiger partial charge in [-0.25, -0.2) is 4.68 Å². The molecule has 4 aromatic heterocycles. The van der Waals surface area contributed by atoms with Crippen LogP contribution in [0.2, 0.25) is 15.2 Å². The summed E-state index contributed by atoms with van der Waals surface area (Å²) < 4.78 is 44.1. The summed E-state index contributed by atoms with van der Waals surface area (Å²) in [4.78, 5) is 31.4. The van der Waals surface area contributed by atoms with Crippen LogP contribution in [-0.2, 0) is 11.3 Å². The van der Waals surface area contributed by atoms with Crippen molar-refractivity contribution in [2.45, 2.75) is 44.9 Å². The Morgan fingerprint density at radius 2 is 1.83 bits per heavy atom. The van der Waals surface area contributed by atoms with Crippen LogP contribution in [0.3, 0.4) is 0 Å². The summed E-state index contributed by atoms with van der Waals surface area (Å²) in [5.41, 5.74) is 1.98. The quantitative estimate of drug-likeness (QED) is 0.213. The van der Waals surface area contributed by atoms with Gasteiger partial charge in [0.15, 0.2) is 5.15 Å². The molecule has 0 aliphatic carbocycles. The number of carbonyl (C=O) groups is 1. The van der Waals surface area contributed by atoms with Gasteiger partial charge in [-0.15, -0.1) is 5.10 Å². The van der Waals surface area contributed by atoms with Gasteiger partial charge in [-0.1, -0.05) is 53.4 Å². The summed E-state index contributed by atoms with van der Waals surface area (Å²) in [6.07, 6.45) is 2.45. The minimum atomic E-state index is -4.56. The number of halogens is 6. The molecule has 2 atom stereocenters. The Bertz CT molecular complexity index is 2010. The molecule has 0 radical (unpaired) electrons. The van der Waals surface area contributed by atoms with Gasteiger partial charge in [0.05, 0.1) is 46.2 Å². The van der Waals surface area contributed by atoms with E-state index in [1.807, 2.05) is 0 Å². The fourth-order valence-electron chi connectivity index (χ4n) is 5.54. The van der Waals surface area contributed by atoms with Gasteiger partial charge >= 0.3 is 6.18 Å². The van der Waals surface area contributed by atoms with E-state index in [1.165, 1.54) is 46.2 Å². The number of nitrogens with one attached hydrogen (secondary N) is 1. The summed E-state index contributed by atoms with van der Waals surface area (Å²) in [5, 5.41) is 15.3. The lowest BCUT2D eigenvalue weighted by Gasteiger charge is -2.23. The van der Waals surface area contributed by atoms with Crippen molar-refractivity contribution in [3.05, 3.63) is 92.4 Å². The van der Waals surface area contributed by atoms with Crippen LogP contribution in [0.4, 0.5) is 18.9 Å². The summed E-state index contributed by atoms with van der Waals surface area (Å²) in [7, 11) is 0. The monoisotopic (exact) mass is 690 g/mol. The van der Waals surface area contributed by atoms with Gasteiger partial charge in [-0.2, -0.15) is 18.3 Å². The van der Waals surface area contributed by atoms with E-state index in [2.05, 4.69) is 25.7 Å². The molecule has 2 bridgehead atoms.